The van der Waals surface area contributed by atoms with Crippen molar-refractivity contribution in [2.45, 2.75) is 19.5 Å². The van der Waals surface area contributed by atoms with Crippen LogP contribution in [0.3, 0.4) is 0 Å². The second-order valence-corrected chi connectivity index (χ2v) is 8.03. The smallest absolute Gasteiger partial charge is 0.160 e. The van der Waals surface area contributed by atoms with Gasteiger partial charge in [-0.15, -0.1) is 11.3 Å². The van der Waals surface area contributed by atoms with Gasteiger partial charge in [-0.2, -0.15) is 0 Å². The summed E-state index contributed by atoms with van der Waals surface area (Å²) in [5.74, 6) is 0.769. The molecule has 5 rings (SSSR count). The Kier molecular flexibility index (Phi) is 4.69. The summed E-state index contributed by atoms with van der Waals surface area (Å²) in [5.41, 5.74) is 5.97. The molecule has 0 N–H and O–H groups in total. The van der Waals surface area contributed by atoms with E-state index in [-0.39, 0.29) is 0 Å². The molecule has 4 heterocycles. The number of fused-ring (bicyclic) bond motifs is 1. The second kappa shape index (κ2) is 7.62. The van der Waals surface area contributed by atoms with Crippen LogP contribution in [-0.4, -0.2) is 26.4 Å². The second-order valence-electron chi connectivity index (χ2n) is 7.04. The zero-order valence-electron chi connectivity index (χ0n) is 15.5. The Morgan fingerprint density at radius 3 is 2.71 bits per heavy atom. The minimum Gasteiger partial charge on any atom is -0.293 e. The molecule has 28 heavy (non-hydrogen) atoms. The highest BCUT2D eigenvalue weighted by Crippen LogP contribution is 2.28. The van der Waals surface area contributed by atoms with E-state index < -0.39 is 0 Å². The lowest BCUT2D eigenvalue weighted by Crippen LogP contribution is -2.30. The number of aromatic nitrogens is 3. The minimum atomic E-state index is 0.769. The normalized spacial score (nSPS) is 14.0. The van der Waals surface area contributed by atoms with Gasteiger partial charge in [-0.1, -0.05) is 30.3 Å². The monoisotopic (exact) mass is 384 g/mol. The highest BCUT2D eigenvalue weighted by atomic mass is 32.1. The third-order valence-electron chi connectivity index (χ3n) is 5.07. The highest BCUT2D eigenvalue weighted by molar-refractivity contribution is 7.10. The van der Waals surface area contributed by atoms with E-state index in [0.717, 1.165) is 37.4 Å². The Morgan fingerprint density at radius 2 is 1.86 bits per heavy atom. The summed E-state index contributed by atoms with van der Waals surface area (Å²) in [6.45, 7) is 2.90. The molecule has 0 fully saturated rings. The van der Waals surface area contributed by atoms with Gasteiger partial charge in [0.2, 0.25) is 0 Å². The molecule has 1 aliphatic heterocycles. The van der Waals surface area contributed by atoms with Crippen LogP contribution in [-0.2, 0) is 19.5 Å². The van der Waals surface area contributed by atoms with Gasteiger partial charge in [0.1, 0.15) is 0 Å². The Hall–Kier alpha value is -2.89. The molecule has 0 amide bonds. The molecular weight excluding hydrogens is 364 g/mol. The zero-order valence-corrected chi connectivity index (χ0v) is 16.3. The summed E-state index contributed by atoms with van der Waals surface area (Å²) in [7, 11) is 0. The van der Waals surface area contributed by atoms with Crippen molar-refractivity contribution in [1.82, 2.24) is 19.9 Å². The fourth-order valence-electron chi connectivity index (χ4n) is 3.61. The molecule has 1 aliphatic rings. The maximum absolute atomic E-state index is 4.79. The predicted octanol–water partition coefficient (Wildman–Crippen LogP) is 4.83. The van der Waals surface area contributed by atoms with Crippen molar-refractivity contribution in [2.75, 3.05) is 6.54 Å². The molecule has 4 aromatic rings. The zero-order chi connectivity index (χ0) is 18.8. The third kappa shape index (κ3) is 3.59. The number of rotatable bonds is 4. The summed E-state index contributed by atoms with van der Waals surface area (Å²) < 4.78 is 0. The summed E-state index contributed by atoms with van der Waals surface area (Å²) in [6, 6.07) is 16.8. The Bertz CT molecular complexity index is 1080. The van der Waals surface area contributed by atoms with Crippen LogP contribution in [0, 0.1) is 0 Å². The average molecular weight is 385 g/mol. The van der Waals surface area contributed by atoms with E-state index in [4.69, 9.17) is 4.98 Å². The fraction of sp³-hybridized carbons (Fsp3) is 0.174. The molecule has 4 nitrogen and oxygen atoms in total. The van der Waals surface area contributed by atoms with E-state index in [9.17, 15) is 0 Å². The van der Waals surface area contributed by atoms with Crippen molar-refractivity contribution in [3.05, 3.63) is 88.6 Å². The van der Waals surface area contributed by atoms with Gasteiger partial charge >= 0.3 is 0 Å². The lowest BCUT2D eigenvalue weighted by atomic mass is 10.1. The van der Waals surface area contributed by atoms with Crippen LogP contribution < -0.4 is 0 Å². The van der Waals surface area contributed by atoms with E-state index in [1.54, 1.807) is 6.20 Å². The lowest BCUT2D eigenvalue weighted by molar-refractivity contribution is 0.245. The Balaban J connectivity index is 1.30. The van der Waals surface area contributed by atoms with E-state index in [1.165, 1.54) is 27.3 Å². The van der Waals surface area contributed by atoms with E-state index in [0.29, 0.717) is 0 Å². The van der Waals surface area contributed by atoms with Crippen LogP contribution in [0.1, 0.15) is 16.1 Å². The van der Waals surface area contributed by atoms with Gasteiger partial charge in [0.05, 0.1) is 5.69 Å². The predicted molar refractivity (Wildman–Crippen MR) is 113 cm³/mol. The van der Waals surface area contributed by atoms with Gasteiger partial charge in [-0.3, -0.25) is 9.88 Å². The molecule has 0 spiro atoms. The first-order chi connectivity index (χ1) is 13.8. The van der Waals surface area contributed by atoms with Gasteiger partial charge in [-0.25, -0.2) is 9.97 Å². The van der Waals surface area contributed by atoms with Crippen molar-refractivity contribution in [3.63, 3.8) is 0 Å². The van der Waals surface area contributed by atoms with Gasteiger partial charge in [0.15, 0.2) is 5.82 Å². The molecule has 1 aromatic carbocycles. The van der Waals surface area contributed by atoms with E-state index >= 15 is 0 Å². The standard InChI is InChI=1S/C23H20N4S/c1-2-5-17(6-3-1)19-11-21(28-16-19)15-27-10-8-22-20(14-27)13-25-23(26-22)18-7-4-9-24-12-18/h1-7,9,11-13,16H,8,10,14-15H2. The van der Waals surface area contributed by atoms with E-state index in [1.807, 2.05) is 35.9 Å². The molecular formula is C23H20N4S. The van der Waals surface area contributed by atoms with Crippen molar-refractivity contribution >= 4 is 11.3 Å². The summed E-state index contributed by atoms with van der Waals surface area (Å²) >= 11 is 1.84. The number of nitrogens with zero attached hydrogens (tertiary/aromatic N) is 4. The lowest BCUT2D eigenvalue weighted by Gasteiger charge is -2.27. The summed E-state index contributed by atoms with van der Waals surface area (Å²) in [6.07, 6.45) is 6.54. The minimum absolute atomic E-state index is 0.769. The first kappa shape index (κ1) is 17.2. The molecule has 0 bridgehead atoms. The highest BCUT2D eigenvalue weighted by Gasteiger charge is 2.19. The first-order valence-electron chi connectivity index (χ1n) is 9.45. The van der Waals surface area contributed by atoms with Crippen LogP contribution in [0.15, 0.2) is 72.5 Å². The maximum Gasteiger partial charge on any atom is 0.160 e. The SMILES string of the molecule is c1ccc(-c2csc(CN3CCc4nc(-c5cccnc5)ncc4C3)c2)cc1. The van der Waals surface area contributed by atoms with Gasteiger partial charge in [-0.05, 0) is 34.7 Å². The number of thiophene rings is 1. The maximum atomic E-state index is 4.79. The Morgan fingerprint density at radius 1 is 0.964 bits per heavy atom. The van der Waals surface area contributed by atoms with Crippen LogP contribution in [0.2, 0.25) is 0 Å². The van der Waals surface area contributed by atoms with Gasteiger partial charge in [0, 0.05) is 60.6 Å². The fourth-order valence-corrected chi connectivity index (χ4v) is 4.54. The number of pyridine rings is 1. The summed E-state index contributed by atoms with van der Waals surface area (Å²) in [5, 5.41) is 2.26. The van der Waals surface area contributed by atoms with Crippen LogP contribution in [0.4, 0.5) is 0 Å². The molecule has 0 aliphatic carbocycles. The number of hydrogen-bond donors (Lipinski definition) is 0. The topological polar surface area (TPSA) is 41.9 Å². The van der Waals surface area contributed by atoms with Crippen LogP contribution >= 0.6 is 11.3 Å². The largest absolute Gasteiger partial charge is 0.293 e. The van der Waals surface area contributed by atoms with Crippen LogP contribution in [0.5, 0.6) is 0 Å². The molecule has 0 unspecified atom stereocenters. The summed E-state index contributed by atoms with van der Waals surface area (Å²) in [4.78, 5) is 17.4. The Labute approximate surface area is 168 Å². The van der Waals surface area contributed by atoms with Crippen molar-refractivity contribution in [1.29, 1.82) is 0 Å². The first-order valence-corrected chi connectivity index (χ1v) is 10.3. The number of benzene rings is 1. The third-order valence-corrected chi connectivity index (χ3v) is 5.99. The average Bonchev–Trinajstić information content (AvgIpc) is 3.23. The molecule has 0 saturated carbocycles. The molecule has 3 aromatic heterocycles. The molecule has 0 atom stereocenters. The molecule has 0 radical (unpaired) electrons. The molecule has 5 heteroatoms. The molecule has 138 valence electrons. The van der Waals surface area contributed by atoms with Crippen molar-refractivity contribution < 1.29 is 0 Å². The van der Waals surface area contributed by atoms with Gasteiger partial charge < -0.3 is 0 Å². The quantitative estimate of drug-likeness (QED) is 0.506. The van der Waals surface area contributed by atoms with Crippen LogP contribution in [0.25, 0.3) is 22.5 Å². The van der Waals surface area contributed by atoms with E-state index in [2.05, 4.69) is 56.6 Å². The number of hydrogen-bond acceptors (Lipinski definition) is 5. The van der Waals surface area contributed by atoms with Crippen molar-refractivity contribution in [2.24, 2.45) is 0 Å². The van der Waals surface area contributed by atoms with Gasteiger partial charge in [0.25, 0.3) is 0 Å². The van der Waals surface area contributed by atoms with Crippen molar-refractivity contribution in [3.8, 4) is 22.5 Å². The molecule has 0 saturated heterocycles.